The topological polar surface area (TPSA) is 123 Å². The second kappa shape index (κ2) is 12.7. The van der Waals surface area contributed by atoms with E-state index in [1.807, 2.05) is 24.3 Å². The lowest BCUT2D eigenvalue weighted by atomic mass is 10.0. The third-order valence-electron chi connectivity index (χ3n) is 5.48. The Kier molecular flexibility index (Phi) is 9.45. The first-order valence-corrected chi connectivity index (χ1v) is 11.4. The Labute approximate surface area is 213 Å². The van der Waals surface area contributed by atoms with Crippen molar-refractivity contribution in [2.75, 3.05) is 11.9 Å². The zero-order valence-electron chi connectivity index (χ0n) is 20.1. The fraction of sp³-hybridized carbons (Fsp3) is 0.185. The maximum absolute atomic E-state index is 13.2. The molecular formula is C27H28F2N4O4. The maximum Gasteiger partial charge on any atom is 0.268 e. The van der Waals surface area contributed by atoms with Crippen molar-refractivity contribution in [2.24, 2.45) is 0 Å². The molecule has 0 spiro atoms. The number of anilines is 1. The van der Waals surface area contributed by atoms with Crippen molar-refractivity contribution in [1.82, 2.24) is 16.1 Å². The molecule has 3 aromatic rings. The number of aliphatic hydroxyl groups excluding tert-OH is 1. The molecule has 0 aliphatic rings. The lowest BCUT2D eigenvalue weighted by Crippen LogP contribution is -2.48. The van der Waals surface area contributed by atoms with Gasteiger partial charge in [-0.25, -0.2) is 14.3 Å². The second-order valence-corrected chi connectivity index (χ2v) is 8.40. The first-order chi connectivity index (χ1) is 17.7. The van der Waals surface area contributed by atoms with E-state index in [4.69, 9.17) is 5.21 Å². The standard InChI is InChI=1S/C27H28F2N4O4/c1-16(31-26(17(2)34)27(36)33-37)19-3-5-20(6-4-19)21-7-9-24(10-8-21)32-25(35)15-30-14-18-11-22(28)13-23(29)12-18/h3-13,17,26,30-31,34,37H,1,14-15H2,2H3,(H,32,35)(H,33,36)/t17-,26+/m1/s1. The van der Waals surface area contributed by atoms with Crippen molar-refractivity contribution < 1.29 is 28.7 Å². The van der Waals surface area contributed by atoms with E-state index in [-0.39, 0.29) is 19.0 Å². The van der Waals surface area contributed by atoms with Crippen molar-refractivity contribution in [2.45, 2.75) is 25.6 Å². The molecule has 0 aliphatic carbocycles. The molecule has 0 bridgehead atoms. The van der Waals surface area contributed by atoms with Crippen LogP contribution < -0.4 is 21.4 Å². The van der Waals surface area contributed by atoms with Gasteiger partial charge in [0.25, 0.3) is 5.91 Å². The summed E-state index contributed by atoms with van der Waals surface area (Å²) in [5.74, 6) is -2.42. The summed E-state index contributed by atoms with van der Waals surface area (Å²) >= 11 is 0. The first-order valence-electron chi connectivity index (χ1n) is 11.4. The summed E-state index contributed by atoms with van der Waals surface area (Å²) < 4.78 is 26.5. The lowest BCUT2D eigenvalue weighted by Gasteiger charge is -2.22. The molecule has 3 aromatic carbocycles. The van der Waals surface area contributed by atoms with Gasteiger partial charge in [0.2, 0.25) is 5.91 Å². The highest BCUT2D eigenvalue weighted by molar-refractivity contribution is 5.92. The molecule has 0 fully saturated rings. The fourth-order valence-corrected chi connectivity index (χ4v) is 3.59. The molecule has 0 saturated carbocycles. The highest BCUT2D eigenvalue weighted by Crippen LogP contribution is 2.23. The van der Waals surface area contributed by atoms with Gasteiger partial charge in [0.05, 0.1) is 12.6 Å². The van der Waals surface area contributed by atoms with Crippen molar-refractivity contribution >= 4 is 23.2 Å². The largest absolute Gasteiger partial charge is 0.391 e. The van der Waals surface area contributed by atoms with Gasteiger partial charge < -0.3 is 21.1 Å². The predicted octanol–water partition coefficient (Wildman–Crippen LogP) is 3.18. The van der Waals surface area contributed by atoms with Crippen LogP contribution in [0.15, 0.2) is 73.3 Å². The molecule has 0 aromatic heterocycles. The highest BCUT2D eigenvalue weighted by atomic mass is 19.1. The Morgan fingerprint density at radius 3 is 2.05 bits per heavy atom. The molecule has 0 radical (unpaired) electrons. The van der Waals surface area contributed by atoms with Crippen LogP contribution >= 0.6 is 0 Å². The Bertz CT molecular complexity index is 1230. The zero-order valence-corrected chi connectivity index (χ0v) is 20.1. The van der Waals surface area contributed by atoms with Crippen molar-refractivity contribution in [3.8, 4) is 11.1 Å². The number of amides is 2. The lowest BCUT2D eigenvalue weighted by molar-refractivity contribution is -0.133. The van der Waals surface area contributed by atoms with E-state index < -0.39 is 29.7 Å². The van der Waals surface area contributed by atoms with E-state index in [1.54, 1.807) is 24.3 Å². The molecule has 194 valence electrons. The minimum absolute atomic E-state index is 0.0326. The minimum Gasteiger partial charge on any atom is -0.391 e. The summed E-state index contributed by atoms with van der Waals surface area (Å²) in [4.78, 5) is 23.9. The van der Waals surface area contributed by atoms with E-state index in [0.29, 0.717) is 22.5 Å². The van der Waals surface area contributed by atoms with Crippen LogP contribution in [0.5, 0.6) is 0 Å². The van der Waals surface area contributed by atoms with Crippen molar-refractivity contribution in [3.63, 3.8) is 0 Å². The van der Waals surface area contributed by atoms with Crippen LogP contribution in [0, 0.1) is 11.6 Å². The average molecular weight is 511 g/mol. The summed E-state index contributed by atoms with van der Waals surface area (Å²) in [6.07, 6.45) is -1.06. The van der Waals surface area contributed by atoms with Crippen LogP contribution in [-0.4, -0.2) is 40.8 Å². The molecule has 0 unspecified atom stereocenters. The van der Waals surface area contributed by atoms with Gasteiger partial charge >= 0.3 is 0 Å². The third-order valence-corrected chi connectivity index (χ3v) is 5.48. The summed E-state index contributed by atoms with van der Waals surface area (Å²) in [6, 6.07) is 16.6. The van der Waals surface area contributed by atoms with E-state index >= 15 is 0 Å². The van der Waals surface area contributed by atoms with Gasteiger partial charge in [0.1, 0.15) is 17.7 Å². The molecule has 10 heteroatoms. The Morgan fingerprint density at radius 2 is 1.51 bits per heavy atom. The van der Waals surface area contributed by atoms with E-state index in [0.717, 1.165) is 17.2 Å². The SMILES string of the molecule is C=C(N[C@H](C(=O)NO)[C@@H](C)O)c1ccc(-c2ccc(NC(=O)CNCc3cc(F)cc(F)c3)cc2)cc1. The number of benzene rings is 3. The average Bonchev–Trinajstić information content (AvgIpc) is 2.86. The number of rotatable bonds is 11. The molecular weight excluding hydrogens is 482 g/mol. The van der Waals surface area contributed by atoms with Gasteiger partial charge in [-0.1, -0.05) is 43.0 Å². The van der Waals surface area contributed by atoms with Crippen LogP contribution in [0.4, 0.5) is 14.5 Å². The first kappa shape index (κ1) is 27.5. The van der Waals surface area contributed by atoms with Gasteiger partial charge in [0, 0.05) is 24.0 Å². The van der Waals surface area contributed by atoms with Gasteiger partial charge in [-0.15, -0.1) is 0 Å². The molecule has 3 rings (SSSR count). The summed E-state index contributed by atoms with van der Waals surface area (Å²) in [6.45, 7) is 5.42. The van der Waals surface area contributed by atoms with E-state index in [1.165, 1.54) is 24.5 Å². The molecule has 0 heterocycles. The smallest absolute Gasteiger partial charge is 0.268 e. The van der Waals surface area contributed by atoms with E-state index in [9.17, 15) is 23.5 Å². The molecule has 8 nitrogen and oxygen atoms in total. The maximum atomic E-state index is 13.2. The number of halogens is 2. The molecule has 2 amide bonds. The van der Waals surface area contributed by atoms with Crippen LogP contribution in [0.2, 0.25) is 0 Å². The van der Waals surface area contributed by atoms with Crippen LogP contribution in [0.25, 0.3) is 16.8 Å². The Morgan fingerprint density at radius 1 is 0.946 bits per heavy atom. The summed E-state index contributed by atoms with van der Waals surface area (Å²) in [7, 11) is 0. The number of carbonyl (C=O) groups is 2. The number of hydrogen-bond acceptors (Lipinski definition) is 6. The van der Waals surface area contributed by atoms with Gasteiger partial charge in [-0.05, 0) is 53.4 Å². The number of nitrogens with one attached hydrogen (secondary N) is 4. The van der Waals surface area contributed by atoms with Crippen molar-refractivity contribution in [3.05, 3.63) is 96.1 Å². The normalized spacial score (nSPS) is 12.4. The quantitative estimate of drug-likeness (QED) is 0.174. The van der Waals surface area contributed by atoms with Crippen molar-refractivity contribution in [1.29, 1.82) is 0 Å². The predicted molar refractivity (Wildman–Crippen MR) is 136 cm³/mol. The zero-order chi connectivity index (χ0) is 26.9. The van der Waals surface area contributed by atoms with Crippen LogP contribution in [0.1, 0.15) is 18.1 Å². The number of carbonyl (C=O) groups excluding carboxylic acids is 2. The summed E-state index contributed by atoms with van der Waals surface area (Å²) in [5, 5.41) is 27.0. The Hall–Kier alpha value is -4.12. The molecule has 0 aliphatic heterocycles. The minimum atomic E-state index is -1.07. The number of hydrogen-bond donors (Lipinski definition) is 6. The molecule has 2 atom stereocenters. The molecule has 0 saturated heterocycles. The van der Waals surface area contributed by atoms with Gasteiger partial charge in [-0.2, -0.15) is 0 Å². The van der Waals surface area contributed by atoms with Gasteiger partial charge in [-0.3, -0.25) is 14.8 Å². The molecule has 37 heavy (non-hydrogen) atoms. The number of hydroxylamine groups is 1. The van der Waals surface area contributed by atoms with Gasteiger partial charge in [0.15, 0.2) is 0 Å². The third kappa shape index (κ3) is 7.94. The van der Waals surface area contributed by atoms with Crippen LogP contribution in [-0.2, 0) is 16.1 Å². The highest BCUT2D eigenvalue weighted by Gasteiger charge is 2.23. The number of aliphatic hydroxyl groups is 1. The Balaban J connectivity index is 1.53. The summed E-state index contributed by atoms with van der Waals surface area (Å²) in [5.41, 5.74) is 5.40. The van der Waals surface area contributed by atoms with Crippen LogP contribution in [0.3, 0.4) is 0 Å². The monoisotopic (exact) mass is 510 g/mol. The van der Waals surface area contributed by atoms with E-state index in [2.05, 4.69) is 22.5 Å². The molecule has 6 N–H and O–H groups in total. The second-order valence-electron chi connectivity index (χ2n) is 8.40. The fourth-order valence-electron chi connectivity index (χ4n) is 3.59.